The van der Waals surface area contributed by atoms with Gasteiger partial charge in [0.25, 0.3) is 0 Å². The number of esters is 1. The highest BCUT2D eigenvalue weighted by molar-refractivity contribution is 5.87. The second kappa shape index (κ2) is 10.00. The Morgan fingerprint density at radius 2 is 1.62 bits per heavy atom. The molecule has 4 heteroatoms. The molecule has 0 atom stereocenters. The molecular weight excluding hydrogens is 304 g/mol. The van der Waals surface area contributed by atoms with Crippen LogP contribution >= 0.6 is 0 Å². The molecule has 24 heavy (non-hydrogen) atoms. The molecule has 4 nitrogen and oxygen atoms in total. The second-order valence-corrected chi connectivity index (χ2v) is 7.30. The molecule has 0 radical (unpaired) electrons. The number of carbonyl (C=O) groups excluding carboxylic acids is 1. The highest BCUT2D eigenvalue weighted by atomic mass is 16.5. The van der Waals surface area contributed by atoms with Crippen LogP contribution in [0.15, 0.2) is 24.8 Å². The van der Waals surface area contributed by atoms with Gasteiger partial charge in [-0.2, -0.15) is 0 Å². The summed E-state index contributed by atoms with van der Waals surface area (Å²) in [5.41, 5.74) is 0.138. The van der Waals surface area contributed by atoms with E-state index in [2.05, 4.69) is 13.2 Å². The van der Waals surface area contributed by atoms with Crippen molar-refractivity contribution in [3.63, 3.8) is 0 Å². The zero-order valence-corrected chi connectivity index (χ0v) is 14.8. The summed E-state index contributed by atoms with van der Waals surface area (Å²) in [6, 6.07) is 0. The molecule has 0 bridgehead atoms. The van der Waals surface area contributed by atoms with Crippen LogP contribution in [0.3, 0.4) is 0 Å². The van der Waals surface area contributed by atoms with E-state index in [1.165, 1.54) is 38.5 Å². The van der Waals surface area contributed by atoms with Crippen LogP contribution in [0.1, 0.15) is 51.4 Å². The minimum Gasteiger partial charge on any atom is -0.462 e. The molecule has 136 valence electrons. The summed E-state index contributed by atoms with van der Waals surface area (Å²) in [6.07, 6.45) is 11.9. The van der Waals surface area contributed by atoms with Crippen molar-refractivity contribution < 1.29 is 19.4 Å². The molecule has 1 N–H and O–H groups in total. The van der Waals surface area contributed by atoms with Gasteiger partial charge < -0.3 is 14.6 Å². The molecule has 0 aromatic rings. The van der Waals surface area contributed by atoms with Crippen molar-refractivity contribution in [3.05, 3.63) is 24.8 Å². The van der Waals surface area contributed by atoms with Crippen LogP contribution in [-0.2, 0) is 14.3 Å². The Bertz CT molecular complexity index is 415. The van der Waals surface area contributed by atoms with E-state index in [1.807, 2.05) is 6.08 Å². The summed E-state index contributed by atoms with van der Waals surface area (Å²) in [5, 5.41) is 8.87. The van der Waals surface area contributed by atoms with E-state index in [9.17, 15) is 4.79 Å². The molecule has 2 rings (SSSR count). The van der Waals surface area contributed by atoms with Crippen LogP contribution < -0.4 is 0 Å². The minimum absolute atomic E-state index is 0.138. The van der Waals surface area contributed by atoms with Gasteiger partial charge in [-0.3, -0.25) is 0 Å². The lowest BCUT2D eigenvalue weighted by Crippen LogP contribution is -2.29. The topological polar surface area (TPSA) is 55.8 Å². The van der Waals surface area contributed by atoms with E-state index in [0.29, 0.717) is 25.2 Å². The predicted octanol–water partition coefficient (Wildman–Crippen LogP) is 3.65. The average Bonchev–Trinajstić information content (AvgIpc) is 2.64. The molecule has 2 aliphatic carbocycles. The smallest absolute Gasteiger partial charge is 0.335 e. The van der Waals surface area contributed by atoms with Gasteiger partial charge in [-0.1, -0.05) is 12.7 Å². The second-order valence-electron chi connectivity index (χ2n) is 7.30. The summed E-state index contributed by atoms with van der Waals surface area (Å²) in [6.45, 7) is 8.01. The van der Waals surface area contributed by atoms with Crippen molar-refractivity contribution in [2.45, 2.75) is 57.5 Å². The fourth-order valence-electron chi connectivity index (χ4n) is 4.12. The van der Waals surface area contributed by atoms with E-state index in [4.69, 9.17) is 14.6 Å². The quantitative estimate of drug-likeness (QED) is 0.418. The Morgan fingerprint density at radius 3 is 2.17 bits per heavy atom. The lowest BCUT2D eigenvalue weighted by molar-refractivity contribution is -0.141. The van der Waals surface area contributed by atoms with E-state index < -0.39 is 5.97 Å². The highest BCUT2D eigenvalue weighted by Crippen LogP contribution is 2.40. The van der Waals surface area contributed by atoms with Gasteiger partial charge in [0.2, 0.25) is 0 Å². The van der Waals surface area contributed by atoms with E-state index in [-0.39, 0.29) is 12.2 Å². The normalized spacial score (nSPS) is 30.5. The Hall–Kier alpha value is -1.13. The van der Waals surface area contributed by atoms with Gasteiger partial charge >= 0.3 is 5.97 Å². The number of aliphatic hydroxyl groups excluding tert-OH is 1. The summed E-state index contributed by atoms with van der Waals surface area (Å²) < 4.78 is 11.0. The number of rotatable bonds is 8. The number of ether oxygens (including phenoxy) is 2. The third-order valence-electron chi connectivity index (χ3n) is 5.66. The van der Waals surface area contributed by atoms with Crippen molar-refractivity contribution in [3.8, 4) is 0 Å². The van der Waals surface area contributed by atoms with Crippen molar-refractivity contribution in [2.24, 2.45) is 17.8 Å². The first-order chi connectivity index (χ1) is 11.6. The Morgan fingerprint density at radius 1 is 1.04 bits per heavy atom. The standard InChI is InChI=1S/C20H32O4/c1-3-12-23-19-10-8-18(9-11-19)17-6-4-16(5-7-17)14-24-20(22)15(2)13-21/h3,16-19,21H,1-2,4-14H2. The van der Waals surface area contributed by atoms with Gasteiger partial charge in [0.05, 0.1) is 31.5 Å². The third-order valence-corrected chi connectivity index (χ3v) is 5.66. The lowest BCUT2D eigenvalue weighted by atomic mass is 9.71. The van der Waals surface area contributed by atoms with Crippen LogP contribution in [-0.4, -0.2) is 37.0 Å². The first kappa shape index (κ1) is 19.2. The minimum atomic E-state index is -0.461. The number of hydrogen-bond donors (Lipinski definition) is 1. The van der Waals surface area contributed by atoms with Gasteiger partial charge in [0.15, 0.2) is 0 Å². The molecule has 2 aliphatic rings. The monoisotopic (exact) mass is 336 g/mol. The maximum Gasteiger partial charge on any atom is 0.335 e. The molecule has 0 aliphatic heterocycles. The van der Waals surface area contributed by atoms with E-state index in [1.54, 1.807) is 0 Å². The number of aliphatic hydroxyl groups is 1. The van der Waals surface area contributed by atoms with Crippen LogP contribution in [0, 0.1) is 17.8 Å². The van der Waals surface area contributed by atoms with Crippen LogP contribution in [0.25, 0.3) is 0 Å². The fourth-order valence-corrected chi connectivity index (χ4v) is 4.12. The number of hydrogen-bond acceptors (Lipinski definition) is 4. The van der Waals surface area contributed by atoms with E-state index >= 15 is 0 Å². The van der Waals surface area contributed by atoms with Gasteiger partial charge in [0.1, 0.15) is 0 Å². The first-order valence-electron chi connectivity index (χ1n) is 9.32. The van der Waals surface area contributed by atoms with Gasteiger partial charge in [0, 0.05) is 0 Å². The highest BCUT2D eigenvalue weighted by Gasteiger charge is 2.31. The van der Waals surface area contributed by atoms with Gasteiger partial charge in [-0.05, 0) is 69.1 Å². The molecule has 2 fully saturated rings. The van der Waals surface area contributed by atoms with Crippen molar-refractivity contribution >= 4 is 5.97 Å². The van der Waals surface area contributed by atoms with E-state index in [0.717, 1.165) is 24.7 Å². The summed E-state index contributed by atoms with van der Waals surface area (Å²) >= 11 is 0. The van der Waals surface area contributed by atoms with Crippen LogP contribution in [0.2, 0.25) is 0 Å². The van der Waals surface area contributed by atoms with Crippen LogP contribution in [0.5, 0.6) is 0 Å². The summed E-state index contributed by atoms with van der Waals surface area (Å²) in [7, 11) is 0. The maximum atomic E-state index is 11.5. The fraction of sp³-hybridized carbons (Fsp3) is 0.750. The Kier molecular flexibility index (Phi) is 8.00. The molecule has 2 saturated carbocycles. The molecule has 0 heterocycles. The van der Waals surface area contributed by atoms with Gasteiger partial charge in [-0.15, -0.1) is 6.58 Å². The van der Waals surface area contributed by atoms with Crippen molar-refractivity contribution in [1.29, 1.82) is 0 Å². The summed E-state index contributed by atoms with van der Waals surface area (Å²) in [5.74, 6) is 1.66. The van der Waals surface area contributed by atoms with Crippen molar-refractivity contribution in [2.75, 3.05) is 19.8 Å². The number of carbonyl (C=O) groups is 1. The Labute approximate surface area is 145 Å². The Balaban J connectivity index is 1.63. The molecular formula is C20H32O4. The first-order valence-corrected chi connectivity index (χ1v) is 9.32. The molecule has 0 saturated heterocycles. The largest absolute Gasteiger partial charge is 0.462 e. The molecule has 0 aromatic carbocycles. The third kappa shape index (κ3) is 5.75. The lowest BCUT2D eigenvalue weighted by Gasteiger charge is -2.37. The summed E-state index contributed by atoms with van der Waals surface area (Å²) in [4.78, 5) is 11.5. The van der Waals surface area contributed by atoms with Crippen molar-refractivity contribution in [1.82, 2.24) is 0 Å². The molecule has 0 spiro atoms. The average molecular weight is 336 g/mol. The zero-order chi connectivity index (χ0) is 17.4. The molecule has 0 aromatic heterocycles. The zero-order valence-electron chi connectivity index (χ0n) is 14.8. The molecule has 0 unspecified atom stereocenters. The maximum absolute atomic E-state index is 11.5. The molecule has 0 amide bonds. The van der Waals surface area contributed by atoms with Crippen LogP contribution in [0.4, 0.5) is 0 Å². The SMILES string of the molecule is C=CCOC1CCC(C2CCC(COC(=O)C(=C)CO)CC2)CC1. The predicted molar refractivity (Wildman–Crippen MR) is 94.5 cm³/mol. The van der Waals surface area contributed by atoms with Gasteiger partial charge in [-0.25, -0.2) is 4.79 Å².